The molecule has 0 bridgehead atoms. The van der Waals surface area contributed by atoms with Crippen LogP contribution in [-0.4, -0.2) is 33.9 Å². The monoisotopic (exact) mass is 485 g/mol. The third-order valence-electron chi connectivity index (χ3n) is 5.47. The van der Waals surface area contributed by atoms with Crippen LogP contribution in [0.4, 0.5) is 11.9 Å². The predicted molar refractivity (Wildman–Crippen MR) is 141 cm³/mol. The molecule has 0 saturated heterocycles. The molecule has 8 nitrogen and oxygen atoms in total. The van der Waals surface area contributed by atoms with Crippen LogP contribution in [0.15, 0.2) is 72.8 Å². The molecule has 0 spiro atoms. The zero-order valence-electron chi connectivity index (χ0n) is 20.8. The molecule has 4 rings (SSSR count). The number of hydrogen-bond donors (Lipinski definition) is 2. The number of benzene rings is 3. The lowest BCUT2D eigenvalue weighted by Crippen LogP contribution is -2.17. The van der Waals surface area contributed by atoms with E-state index >= 15 is 0 Å². The smallest absolute Gasteiger partial charge is 0.281 e. The summed E-state index contributed by atoms with van der Waals surface area (Å²) in [6, 6.07) is 23.0. The maximum Gasteiger partial charge on any atom is 0.281 e. The van der Waals surface area contributed by atoms with Crippen LogP contribution in [0.2, 0.25) is 0 Å². The molecule has 186 valence electrons. The van der Waals surface area contributed by atoms with Crippen LogP contribution >= 0.6 is 0 Å². The maximum atomic E-state index is 13.3. The molecule has 0 aliphatic heterocycles. The number of nitrogens with one attached hydrogen (secondary N) is 2. The van der Waals surface area contributed by atoms with Gasteiger partial charge in [0.25, 0.3) is 5.91 Å². The Morgan fingerprint density at radius 2 is 1.31 bits per heavy atom. The first-order chi connectivity index (χ1) is 17.6. The highest BCUT2D eigenvalue weighted by atomic mass is 16.5. The average Bonchev–Trinajstić information content (AvgIpc) is 3.31. The van der Waals surface area contributed by atoms with E-state index in [1.54, 1.807) is 12.1 Å². The van der Waals surface area contributed by atoms with Gasteiger partial charge in [-0.1, -0.05) is 42.0 Å². The van der Waals surface area contributed by atoms with Crippen molar-refractivity contribution in [2.45, 2.75) is 33.9 Å². The number of aromatic nitrogens is 3. The molecule has 0 fully saturated rings. The molecule has 2 N–H and O–H groups in total. The fraction of sp³-hybridized carbons (Fsp3) is 0.250. The molecule has 0 radical (unpaired) electrons. The van der Waals surface area contributed by atoms with E-state index in [2.05, 4.69) is 20.7 Å². The molecule has 4 aromatic rings. The summed E-state index contributed by atoms with van der Waals surface area (Å²) in [5, 5.41) is 10.9. The first-order valence-corrected chi connectivity index (χ1v) is 12.1. The number of carbonyl (C=O) groups is 1. The molecule has 36 heavy (non-hydrogen) atoms. The summed E-state index contributed by atoms with van der Waals surface area (Å²) in [6.45, 7) is 8.12. The second-order valence-electron chi connectivity index (χ2n) is 8.20. The van der Waals surface area contributed by atoms with Gasteiger partial charge < -0.3 is 20.1 Å². The van der Waals surface area contributed by atoms with E-state index in [0.29, 0.717) is 43.8 Å². The molecule has 0 aliphatic carbocycles. The lowest BCUT2D eigenvalue weighted by molar-refractivity contribution is 0.0947. The van der Waals surface area contributed by atoms with Crippen molar-refractivity contribution in [2.24, 2.45) is 0 Å². The van der Waals surface area contributed by atoms with E-state index in [9.17, 15) is 4.79 Å². The van der Waals surface area contributed by atoms with Gasteiger partial charge in [0.05, 0.1) is 13.2 Å². The summed E-state index contributed by atoms with van der Waals surface area (Å²) in [5.41, 5.74) is 3.69. The fourth-order valence-corrected chi connectivity index (χ4v) is 3.56. The Morgan fingerprint density at radius 1 is 0.778 bits per heavy atom. The molecule has 1 heterocycles. The molecule has 0 amide bonds. The van der Waals surface area contributed by atoms with E-state index < -0.39 is 0 Å². The zero-order chi connectivity index (χ0) is 25.3. The Morgan fingerprint density at radius 3 is 1.83 bits per heavy atom. The van der Waals surface area contributed by atoms with Crippen molar-refractivity contribution in [1.29, 1.82) is 0 Å². The number of hydrogen-bond acceptors (Lipinski definition) is 7. The minimum absolute atomic E-state index is 0.259. The van der Waals surface area contributed by atoms with Gasteiger partial charge in [0.15, 0.2) is 0 Å². The van der Waals surface area contributed by atoms with Gasteiger partial charge in [-0.05, 0) is 68.3 Å². The van der Waals surface area contributed by atoms with E-state index in [4.69, 9.17) is 9.47 Å². The van der Waals surface area contributed by atoms with Crippen molar-refractivity contribution < 1.29 is 14.3 Å². The third kappa shape index (κ3) is 6.41. The van der Waals surface area contributed by atoms with Gasteiger partial charge in [0, 0.05) is 18.7 Å². The van der Waals surface area contributed by atoms with Crippen molar-refractivity contribution in [3.05, 3.63) is 95.1 Å². The molecule has 8 heteroatoms. The second-order valence-corrected chi connectivity index (χ2v) is 8.20. The van der Waals surface area contributed by atoms with Gasteiger partial charge >= 0.3 is 0 Å². The lowest BCUT2D eigenvalue weighted by atomic mass is 10.1. The van der Waals surface area contributed by atoms with Crippen LogP contribution in [0.3, 0.4) is 0 Å². The highest BCUT2D eigenvalue weighted by Gasteiger charge is 2.18. The van der Waals surface area contributed by atoms with Crippen molar-refractivity contribution in [1.82, 2.24) is 14.8 Å². The summed E-state index contributed by atoms with van der Waals surface area (Å²) >= 11 is 0. The standard InChI is InChI=1S/C28H31N5O3/c1-4-35-24-14-8-21(9-15-24)18-29-27-31-28(30-19-22-10-16-25(17-11-22)36-5-2)33(32-27)26(34)23-12-6-20(3)7-13-23/h6-17H,4-5,18-19H2,1-3H3,(H2,29,30,31,32). The highest BCUT2D eigenvalue weighted by molar-refractivity contribution is 5.97. The largest absolute Gasteiger partial charge is 0.494 e. The van der Waals surface area contributed by atoms with Gasteiger partial charge in [0.1, 0.15) is 11.5 Å². The van der Waals surface area contributed by atoms with Gasteiger partial charge in [-0.2, -0.15) is 9.67 Å². The van der Waals surface area contributed by atoms with Crippen LogP contribution in [0.1, 0.15) is 40.9 Å². The number of aryl methyl sites for hydroxylation is 1. The topological polar surface area (TPSA) is 90.3 Å². The summed E-state index contributed by atoms with van der Waals surface area (Å²) in [4.78, 5) is 17.8. The van der Waals surface area contributed by atoms with Crippen LogP contribution in [0, 0.1) is 6.92 Å². The Labute approximate surface area is 211 Å². The van der Waals surface area contributed by atoms with Crippen LogP contribution in [0.5, 0.6) is 11.5 Å². The van der Waals surface area contributed by atoms with Crippen LogP contribution < -0.4 is 20.1 Å². The summed E-state index contributed by atoms with van der Waals surface area (Å²) in [7, 11) is 0. The average molecular weight is 486 g/mol. The van der Waals surface area contributed by atoms with Crippen LogP contribution in [0.25, 0.3) is 0 Å². The quantitative estimate of drug-likeness (QED) is 0.298. The number of carbonyl (C=O) groups excluding carboxylic acids is 1. The van der Waals surface area contributed by atoms with Crippen molar-refractivity contribution in [3.8, 4) is 11.5 Å². The molecule has 1 aromatic heterocycles. The predicted octanol–water partition coefficient (Wildman–Crippen LogP) is 5.30. The lowest BCUT2D eigenvalue weighted by Gasteiger charge is -2.08. The first kappa shape index (κ1) is 24.8. The molecule has 0 aliphatic rings. The van der Waals surface area contributed by atoms with Crippen molar-refractivity contribution in [3.63, 3.8) is 0 Å². The normalized spacial score (nSPS) is 10.6. The molecular weight excluding hydrogens is 454 g/mol. The Bertz CT molecular complexity index is 1270. The molecular formula is C28H31N5O3. The minimum Gasteiger partial charge on any atom is -0.494 e. The van der Waals surface area contributed by atoms with E-state index in [0.717, 1.165) is 28.2 Å². The number of ether oxygens (including phenoxy) is 2. The minimum atomic E-state index is -0.259. The van der Waals surface area contributed by atoms with E-state index in [1.165, 1.54) is 4.68 Å². The SMILES string of the molecule is CCOc1ccc(CNc2nc(NCc3ccc(OCC)cc3)n(C(=O)c3ccc(C)cc3)n2)cc1. The molecule has 3 aromatic carbocycles. The van der Waals surface area contributed by atoms with Gasteiger partial charge in [-0.15, -0.1) is 5.10 Å². The molecule has 0 unspecified atom stereocenters. The van der Waals surface area contributed by atoms with Gasteiger partial charge in [-0.3, -0.25) is 4.79 Å². The number of rotatable bonds is 11. The first-order valence-electron chi connectivity index (χ1n) is 12.1. The summed E-state index contributed by atoms with van der Waals surface area (Å²) < 4.78 is 12.3. The van der Waals surface area contributed by atoms with Crippen molar-refractivity contribution >= 4 is 17.8 Å². The second kappa shape index (κ2) is 11.9. The van der Waals surface area contributed by atoms with E-state index in [-0.39, 0.29) is 5.91 Å². The highest BCUT2D eigenvalue weighted by Crippen LogP contribution is 2.18. The Kier molecular flexibility index (Phi) is 8.18. The Balaban J connectivity index is 1.51. The van der Waals surface area contributed by atoms with Crippen LogP contribution in [-0.2, 0) is 13.1 Å². The maximum absolute atomic E-state index is 13.3. The zero-order valence-corrected chi connectivity index (χ0v) is 20.8. The summed E-state index contributed by atoms with van der Waals surface area (Å²) in [5.74, 6) is 2.11. The molecule has 0 saturated carbocycles. The third-order valence-corrected chi connectivity index (χ3v) is 5.47. The van der Waals surface area contributed by atoms with E-state index in [1.807, 2.05) is 81.4 Å². The summed E-state index contributed by atoms with van der Waals surface area (Å²) in [6.07, 6.45) is 0. The number of anilines is 2. The van der Waals surface area contributed by atoms with Gasteiger partial charge in [0.2, 0.25) is 11.9 Å². The van der Waals surface area contributed by atoms with Crippen molar-refractivity contribution in [2.75, 3.05) is 23.8 Å². The van der Waals surface area contributed by atoms with Gasteiger partial charge in [-0.25, -0.2) is 0 Å². The number of nitrogens with zero attached hydrogens (tertiary/aromatic N) is 3. The Hall–Kier alpha value is -4.33. The molecule has 0 atom stereocenters. The fourth-order valence-electron chi connectivity index (χ4n) is 3.56.